The highest BCUT2D eigenvalue weighted by Crippen LogP contribution is 2.22. The Hall–Kier alpha value is -0.970. The van der Waals surface area contributed by atoms with Crippen molar-refractivity contribution in [1.82, 2.24) is 10.2 Å². The topological polar surface area (TPSA) is 47.9 Å². The molecule has 0 aromatic heterocycles. The van der Waals surface area contributed by atoms with Crippen molar-refractivity contribution in [3.63, 3.8) is 0 Å². The van der Waals surface area contributed by atoms with Crippen molar-refractivity contribution in [2.24, 2.45) is 4.99 Å². The summed E-state index contributed by atoms with van der Waals surface area (Å²) in [4.78, 5) is 6.93. The van der Waals surface area contributed by atoms with E-state index in [1.165, 1.54) is 0 Å². The lowest BCUT2D eigenvalue weighted by molar-refractivity contribution is 0.108. The van der Waals surface area contributed by atoms with Gasteiger partial charge in [-0.25, -0.2) is 0 Å². The van der Waals surface area contributed by atoms with Gasteiger partial charge in [-0.1, -0.05) is 29.3 Å². The summed E-state index contributed by atoms with van der Waals surface area (Å²) in [6.45, 7) is 5.38. The molecule has 0 spiro atoms. The first-order valence-electron chi connectivity index (χ1n) is 8.25. The van der Waals surface area contributed by atoms with Gasteiger partial charge in [-0.2, -0.15) is 0 Å². The zero-order valence-corrected chi connectivity index (χ0v) is 15.1. The van der Waals surface area contributed by atoms with E-state index in [0.29, 0.717) is 5.02 Å². The van der Waals surface area contributed by atoms with Gasteiger partial charge in [-0.15, -0.1) is 0 Å². The second-order valence-corrected chi connectivity index (χ2v) is 6.64. The molecule has 0 aliphatic carbocycles. The molecule has 2 N–H and O–H groups in total. The molecule has 0 bridgehead atoms. The predicted molar refractivity (Wildman–Crippen MR) is 97.6 cm³/mol. The van der Waals surface area contributed by atoms with Crippen molar-refractivity contribution in [2.45, 2.75) is 38.7 Å². The summed E-state index contributed by atoms with van der Waals surface area (Å²) in [5.74, 6) is 0.946. The van der Waals surface area contributed by atoms with Crippen LogP contribution in [0.1, 0.15) is 31.7 Å². The number of hydrogen-bond acceptors (Lipinski definition) is 2. The zero-order valence-electron chi connectivity index (χ0n) is 13.6. The van der Waals surface area contributed by atoms with Gasteiger partial charge in [-0.3, -0.25) is 4.99 Å². The van der Waals surface area contributed by atoms with Gasteiger partial charge < -0.3 is 15.3 Å². The maximum atomic E-state index is 9.62. The quantitative estimate of drug-likeness (QED) is 0.482. The number of hydrogen-bond donors (Lipinski definition) is 2. The third-order valence-electron chi connectivity index (χ3n) is 3.98. The number of aliphatic imine (C=N–C) groups is 1. The van der Waals surface area contributed by atoms with Gasteiger partial charge in [0.15, 0.2) is 5.96 Å². The summed E-state index contributed by atoms with van der Waals surface area (Å²) < 4.78 is 0. The van der Waals surface area contributed by atoms with Gasteiger partial charge in [0.25, 0.3) is 0 Å². The maximum Gasteiger partial charge on any atom is 0.193 e. The van der Waals surface area contributed by atoms with E-state index in [-0.39, 0.29) is 6.10 Å². The molecule has 1 heterocycles. The molecule has 0 radical (unpaired) electrons. The lowest BCUT2D eigenvalue weighted by atomic mass is 10.1. The first-order chi connectivity index (χ1) is 11.1. The number of guanidine groups is 1. The van der Waals surface area contributed by atoms with E-state index in [0.717, 1.165) is 68.4 Å². The van der Waals surface area contributed by atoms with E-state index in [1.54, 1.807) is 6.07 Å². The highest BCUT2D eigenvalue weighted by Gasteiger charge is 2.19. The highest BCUT2D eigenvalue weighted by atomic mass is 35.5. The van der Waals surface area contributed by atoms with Crippen molar-refractivity contribution in [3.8, 4) is 0 Å². The summed E-state index contributed by atoms with van der Waals surface area (Å²) >= 11 is 12.1. The van der Waals surface area contributed by atoms with Crippen LogP contribution in [-0.4, -0.2) is 48.2 Å². The number of aliphatic hydroxyl groups excluding tert-OH is 1. The van der Waals surface area contributed by atoms with Crippen LogP contribution in [0.4, 0.5) is 0 Å². The largest absolute Gasteiger partial charge is 0.393 e. The van der Waals surface area contributed by atoms with Gasteiger partial charge in [-0.05, 0) is 50.3 Å². The molecule has 1 aromatic carbocycles. The number of piperidine rings is 1. The molecule has 0 unspecified atom stereocenters. The molecule has 128 valence electrons. The average molecular weight is 358 g/mol. The van der Waals surface area contributed by atoms with E-state index < -0.39 is 0 Å². The van der Waals surface area contributed by atoms with Gasteiger partial charge in [0, 0.05) is 36.2 Å². The second kappa shape index (κ2) is 9.36. The predicted octanol–water partition coefficient (Wildman–Crippen LogP) is 3.35. The Morgan fingerprint density at radius 2 is 2.09 bits per heavy atom. The van der Waals surface area contributed by atoms with Crippen molar-refractivity contribution < 1.29 is 5.11 Å². The minimum atomic E-state index is -0.166. The molecule has 1 aliphatic heterocycles. The Bertz CT molecular complexity index is 529. The summed E-state index contributed by atoms with van der Waals surface area (Å²) in [5.41, 5.74) is 1.11. The van der Waals surface area contributed by atoms with Crippen molar-refractivity contribution in [2.75, 3.05) is 26.2 Å². The van der Waals surface area contributed by atoms with Gasteiger partial charge >= 0.3 is 0 Å². The van der Waals surface area contributed by atoms with Crippen LogP contribution in [0.5, 0.6) is 0 Å². The Labute approximate surface area is 148 Å². The van der Waals surface area contributed by atoms with Crippen LogP contribution in [0.2, 0.25) is 10.0 Å². The van der Waals surface area contributed by atoms with Gasteiger partial charge in [0.2, 0.25) is 0 Å². The number of halogens is 2. The fourth-order valence-corrected chi connectivity index (χ4v) is 3.19. The summed E-state index contributed by atoms with van der Waals surface area (Å²) in [6, 6.07) is 5.63. The molecular weight excluding hydrogens is 333 g/mol. The summed E-state index contributed by atoms with van der Waals surface area (Å²) in [6.07, 6.45) is 3.28. The minimum absolute atomic E-state index is 0.166. The van der Waals surface area contributed by atoms with Crippen molar-refractivity contribution >= 4 is 29.2 Å². The molecule has 23 heavy (non-hydrogen) atoms. The van der Waals surface area contributed by atoms with Crippen LogP contribution in [0.15, 0.2) is 23.2 Å². The summed E-state index contributed by atoms with van der Waals surface area (Å²) in [5, 5.41) is 14.3. The third kappa shape index (κ3) is 5.87. The fraction of sp³-hybridized carbons (Fsp3) is 0.588. The van der Waals surface area contributed by atoms with E-state index >= 15 is 0 Å². The number of benzene rings is 1. The first kappa shape index (κ1) is 18.4. The zero-order chi connectivity index (χ0) is 16.7. The number of nitrogens with one attached hydrogen (secondary N) is 1. The molecule has 2 rings (SSSR count). The Balaban J connectivity index is 1.85. The van der Waals surface area contributed by atoms with Crippen LogP contribution in [0.3, 0.4) is 0 Å². The number of aryl methyl sites for hydroxylation is 1. The third-order valence-corrected chi connectivity index (χ3v) is 4.57. The van der Waals surface area contributed by atoms with Crippen LogP contribution >= 0.6 is 23.2 Å². The minimum Gasteiger partial charge on any atom is -0.393 e. The highest BCUT2D eigenvalue weighted by molar-refractivity contribution is 6.35. The molecule has 0 atom stereocenters. The molecule has 4 nitrogen and oxygen atoms in total. The molecule has 1 aliphatic rings. The normalized spacial score (nSPS) is 16.7. The van der Waals surface area contributed by atoms with Crippen LogP contribution in [0, 0.1) is 0 Å². The molecule has 0 saturated carbocycles. The van der Waals surface area contributed by atoms with Gasteiger partial charge in [0.1, 0.15) is 0 Å². The van der Waals surface area contributed by atoms with E-state index in [1.807, 2.05) is 12.1 Å². The molecular formula is C17H25Cl2N3O. The SMILES string of the molecule is CCNC(=NCCCc1ccc(Cl)cc1Cl)N1CCC(O)CC1. The maximum absolute atomic E-state index is 9.62. The van der Waals surface area contributed by atoms with Crippen LogP contribution < -0.4 is 5.32 Å². The van der Waals surface area contributed by atoms with Crippen LogP contribution in [-0.2, 0) is 6.42 Å². The molecule has 1 aromatic rings. The monoisotopic (exact) mass is 357 g/mol. The van der Waals surface area contributed by atoms with Gasteiger partial charge in [0.05, 0.1) is 6.10 Å². The molecule has 1 fully saturated rings. The number of rotatable bonds is 5. The van der Waals surface area contributed by atoms with E-state index in [9.17, 15) is 5.11 Å². The van der Waals surface area contributed by atoms with Crippen molar-refractivity contribution in [1.29, 1.82) is 0 Å². The lowest BCUT2D eigenvalue weighted by Crippen LogP contribution is -2.46. The smallest absolute Gasteiger partial charge is 0.193 e. The number of nitrogens with zero attached hydrogens (tertiary/aromatic N) is 2. The number of aliphatic hydroxyl groups is 1. The molecule has 6 heteroatoms. The Morgan fingerprint density at radius 3 is 2.74 bits per heavy atom. The molecule has 0 amide bonds. The van der Waals surface area contributed by atoms with Crippen LogP contribution in [0.25, 0.3) is 0 Å². The average Bonchev–Trinajstić information content (AvgIpc) is 2.53. The summed E-state index contributed by atoms with van der Waals surface area (Å²) in [7, 11) is 0. The Morgan fingerprint density at radius 1 is 1.35 bits per heavy atom. The standard InChI is InChI=1S/C17H25Cl2N3O/c1-2-20-17(22-10-7-15(23)8-11-22)21-9-3-4-13-5-6-14(18)12-16(13)19/h5-6,12,15,23H,2-4,7-11H2,1H3,(H,20,21). The lowest BCUT2D eigenvalue weighted by Gasteiger charge is -2.32. The molecule has 1 saturated heterocycles. The second-order valence-electron chi connectivity index (χ2n) is 5.79. The fourth-order valence-electron chi connectivity index (χ4n) is 2.68. The Kier molecular flexibility index (Phi) is 7.47. The van der Waals surface area contributed by atoms with E-state index in [2.05, 4.69) is 17.1 Å². The van der Waals surface area contributed by atoms with E-state index in [4.69, 9.17) is 28.2 Å². The van der Waals surface area contributed by atoms with Crippen molar-refractivity contribution in [3.05, 3.63) is 33.8 Å². The number of likely N-dealkylation sites (tertiary alicyclic amines) is 1. The first-order valence-corrected chi connectivity index (χ1v) is 9.01.